The van der Waals surface area contributed by atoms with E-state index in [1.54, 1.807) is 0 Å². The van der Waals surface area contributed by atoms with Crippen LogP contribution in [0.25, 0.3) is 0 Å². The number of nitrogens with zero attached hydrogens (tertiary/aromatic N) is 2. The maximum atomic E-state index is 2.61. The molecule has 0 bridgehead atoms. The van der Waals surface area contributed by atoms with Gasteiger partial charge in [0.25, 0.3) is 0 Å². The van der Waals surface area contributed by atoms with Gasteiger partial charge in [0.15, 0.2) is 0 Å². The van der Waals surface area contributed by atoms with Gasteiger partial charge in [-0.2, -0.15) is 0 Å². The van der Waals surface area contributed by atoms with Gasteiger partial charge in [-0.05, 0) is 32.1 Å². The van der Waals surface area contributed by atoms with Gasteiger partial charge in [-0.15, -0.1) is 0 Å². The number of benzene rings is 2. The molecule has 21 heavy (non-hydrogen) atoms. The summed E-state index contributed by atoms with van der Waals surface area (Å²) in [7, 11) is 4.36. The lowest BCUT2D eigenvalue weighted by atomic mass is 9.88. The van der Waals surface area contributed by atoms with Crippen molar-refractivity contribution < 1.29 is 0 Å². The Morgan fingerprint density at radius 1 is 0.905 bits per heavy atom. The summed E-state index contributed by atoms with van der Waals surface area (Å²) in [6.45, 7) is 3.47. The van der Waals surface area contributed by atoms with Crippen LogP contribution in [0.2, 0.25) is 0 Å². The molecule has 2 aromatic carbocycles. The molecule has 2 heteroatoms. The SMILES string of the molecule is C[C@@H]1[C@@H](N(C)C)CN1C(c1ccccc1)c1ccccc1. The molecule has 0 N–H and O–H groups in total. The van der Waals surface area contributed by atoms with Crippen LogP contribution in [0.5, 0.6) is 0 Å². The first-order chi connectivity index (χ1) is 10.2. The van der Waals surface area contributed by atoms with E-state index in [0.717, 1.165) is 6.54 Å². The lowest BCUT2D eigenvalue weighted by Crippen LogP contribution is -2.64. The Morgan fingerprint density at radius 2 is 1.38 bits per heavy atom. The molecule has 2 nitrogen and oxygen atoms in total. The molecule has 0 saturated carbocycles. The summed E-state index contributed by atoms with van der Waals surface area (Å²) >= 11 is 0. The normalized spacial score (nSPS) is 22.5. The highest BCUT2D eigenvalue weighted by molar-refractivity contribution is 5.33. The molecule has 0 aromatic heterocycles. The van der Waals surface area contributed by atoms with Gasteiger partial charge in [-0.25, -0.2) is 0 Å². The van der Waals surface area contributed by atoms with E-state index in [9.17, 15) is 0 Å². The third-order valence-electron chi connectivity index (χ3n) is 4.70. The average molecular weight is 280 g/mol. The Kier molecular flexibility index (Phi) is 4.09. The number of hydrogen-bond donors (Lipinski definition) is 0. The molecule has 1 saturated heterocycles. The van der Waals surface area contributed by atoms with E-state index in [0.29, 0.717) is 18.1 Å². The summed E-state index contributed by atoms with van der Waals surface area (Å²) in [4.78, 5) is 4.95. The molecule has 1 fully saturated rings. The maximum absolute atomic E-state index is 2.61. The van der Waals surface area contributed by atoms with Crippen molar-refractivity contribution in [2.75, 3.05) is 20.6 Å². The summed E-state index contributed by atoms with van der Waals surface area (Å²) in [5.74, 6) is 0. The van der Waals surface area contributed by atoms with Crippen LogP contribution in [0.4, 0.5) is 0 Å². The highest BCUT2D eigenvalue weighted by Crippen LogP contribution is 2.36. The molecular weight excluding hydrogens is 256 g/mol. The first-order valence-corrected chi connectivity index (χ1v) is 7.70. The minimum Gasteiger partial charge on any atom is -0.304 e. The van der Waals surface area contributed by atoms with E-state index in [2.05, 4.69) is 91.5 Å². The Hall–Kier alpha value is -1.64. The third kappa shape index (κ3) is 2.74. The smallest absolute Gasteiger partial charge is 0.0605 e. The minimum atomic E-state index is 0.360. The van der Waals surface area contributed by atoms with E-state index >= 15 is 0 Å². The summed E-state index contributed by atoms with van der Waals surface area (Å²) in [6.07, 6.45) is 0. The molecule has 0 spiro atoms. The lowest BCUT2D eigenvalue weighted by Gasteiger charge is -2.53. The fourth-order valence-corrected chi connectivity index (χ4v) is 3.40. The molecule has 110 valence electrons. The van der Waals surface area contributed by atoms with Crippen LogP contribution in [0, 0.1) is 0 Å². The van der Waals surface area contributed by atoms with E-state index < -0.39 is 0 Å². The molecule has 1 aliphatic heterocycles. The van der Waals surface area contributed by atoms with Crippen molar-refractivity contribution in [3.63, 3.8) is 0 Å². The lowest BCUT2D eigenvalue weighted by molar-refractivity contribution is -0.0200. The monoisotopic (exact) mass is 280 g/mol. The number of likely N-dealkylation sites (tertiary alicyclic amines) is 1. The highest BCUT2D eigenvalue weighted by Gasteiger charge is 2.41. The fraction of sp³-hybridized carbons (Fsp3) is 0.368. The van der Waals surface area contributed by atoms with Crippen molar-refractivity contribution in [1.82, 2.24) is 9.80 Å². The third-order valence-corrected chi connectivity index (χ3v) is 4.70. The molecule has 0 radical (unpaired) electrons. The topological polar surface area (TPSA) is 6.48 Å². The van der Waals surface area contributed by atoms with Crippen molar-refractivity contribution in [3.8, 4) is 0 Å². The van der Waals surface area contributed by atoms with Gasteiger partial charge in [0, 0.05) is 18.6 Å². The zero-order valence-corrected chi connectivity index (χ0v) is 13.1. The van der Waals surface area contributed by atoms with Crippen molar-refractivity contribution in [2.24, 2.45) is 0 Å². The largest absolute Gasteiger partial charge is 0.304 e. The summed E-state index contributed by atoms with van der Waals surface area (Å²) in [6, 6.07) is 23.3. The van der Waals surface area contributed by atoms with Crippen molar-refractivity contribution in [3.05, 3.63) is 71.8 Å². The summed E-state index contributed by atoms with van der Waals surface area (Å²) in [5.41, 5.74) is 2.76. The van der Waals surface area contributed by atoms with Crippen molar-refractivity contribution in [2.45, 2.75) is 25.0 Å². The van der Waals surface area contributed by atoms with Gasteiger partial charge in [0.2, 0.25) is 0 Å². The first-order valence-electron chi connectivity index (χ1n) is 7.70. The Balaban J connectivity index is 1.92. The molecule has 0 aliphatic carbocycles. The zero-order chi connectivity index (χ0) is 14.8. The number of rotatable bonds is 4. The van der Waals surface area contributed by atoms with Gasteiger partial charge >= 0.3 is 0 Å². The Morgan fingerprint density at radius 3 is 1.76 bits per heavy atom. The molecule has 3 rings (SSSR count). The quantitative estimate of drug-likeness (QED) is 0.847. The molecule has 0 amide bonds. The van der Waals surface area contributed by atoms with Crippen LogP contribution in [0.3, 0.4) is 0 Å². The molecule has 2 aromatic rings. The van der Waals surface area contributed by atoms with E-state index in [-0.39, 0.29) is 0 Å². The Labute approximate surface area is 128 Å². The standard InChI is InChI=1S/C19H24N2/c1-15-18(20(2)3)14-21(15)19(16-10-6-4-7-11-16)17-12-8-5-9-13-17/h4-13,15,18-19H,14H2,1-3H3/t15-,18+/m1/s1. The van der Waals surface area contributed by atoms with E-state index in [4.69, 9.17) is 0 Å². The predicted molar refractivity (Wildman–Crippen MR) is 88.4 cm³/mol. The van der Waals surface area contributed by atoms with Gasteiger partial charge in [-0.1, -0.05) is 60.7 Å². The van der Waals surface area contributed by atoms with Gasteiger partial charge < -0.3 is 4.90 Å². The molecule has 0 unspecified atom stereocenters. The van der Waals surface area contributed by atoms with Crippen molar-refractivity contribution in [1.29, 1.82) is 0 Å². The number of hydrogen-bond acceptors (Lipinski definition) is 2. The van der Waals surface area contributed by atoms with Gasteiger partial charge in [-0.3, -0.25) is 4.90 Å². The van der Waals surface area contributed by atoms with Crippen LogP contribution in [0.15, 0.2) is 60.7 Å². The summed E-state index contributed by atoms with van der Waals surface area (Å²) < 4.78 is 0. The minimum absolute atomic E-state index is 0.360. The van der Waals surface area contributed by atoms with Crippen LogP contribution in [-0.4, -0.2) is 42.5 Å². The zero-order valence-electron chi connectivity index (χ0n) is 13.1. The van der Waals surface area contributed by atoms with Gasteiger partial charge in [0.05, 0.1) is 6.04 Å². The second kappa shape index (κ2) is 6.00. The summed E-state index contributed by atoms with van der Waals surface area (Å²) in [5, 5.41) is 0. The van der Waals surface area contributed by atoms with Gasteiger partial charge in [0.1, 0.15) is 0 Å². The van der Waals surface area contributed by atoms with Crippen LogP contribution in [0.1, 0.15) is 24.1 Å². The Bertz CT molecular complexity index is 525. The highest BCUT2D eigenvalue weighted by atomic mass is 15.3. The van der Waals surface area contributed by atoms with Crippen LogP contribution in [-0.2, 0) is 0 Å². The maximum Gasteiger partial charge on any atom is 0.0605 e. The second-order valence-electron chi connectivity index (χ2n) is 6.19. The average Bonchev–Trinajstić information content (AvgIpc) is 2.51. The second-order valence-corrected chi connectivity index (χ2v) is 6.19. The van der Waals surface area contributed by atoms with E-state index in [1.165, 1.54) is 11.1 Å². The molecule has 2 atom stereocenters. The number of likely N-dealkylation sites (N-methyl/N-ethyl adjacent to an activating group) is 1. The van der Waals surface area contributed by atoms with Crippen LogP contribution >= 0.6 is 0 Å². The fourth-order valence-electron chi connectivity index (χ4n) is 3.40. The molecule has 1 heterocycles. The molecule has 1 aliphatic rings. The van der Waals surface area contributed by atoms with Crippen molar-refractivity contribution >= 4 is 0 Å². The first kappa shape index (κ1) is 14.3. The van der Waals surface area contributed by atoms with Crippen LogP contribution < -0.4 is 0 Å². The molecular formula is C19H24N2. The predicted octanol–water partition coefficient (Wildman–Crippen LogP) is 3.41. The van der Waals surface area contributed by atoms with E-state index in [1.807, 2.05) is 0 Å².